The molecule has 126 valence electrons. The van der Waals surface area contributed by atoms with E-state index >= 15 is 0 Å². The summed E-state index contributed by atoms with van der Waals surface area (Å²) >= 11 is 0. The molecule has 0 radical (unpaired) electrons. The predicted molar refractivity (Wildman–Crippen MR) is 85.7 cm³/mol. The first-order valence-electron chi connectivity index (χ1n) is 6.96. The highest BCUT2D eigenvalue weighted by atomic mass is 32.2. The molecule has 0 aliphatic rings. The van der Waals surface area contributed by atoms with Crippen molar-refractivity contribution in [2.45, 2.75) is 17.7 Å². The molecule has 1 aromatic carbocycles. The van der Waals surface area contributed by atoms with Crippen molar-refractivity contribution in [3.05, 3.63) is 42.5 Å². The lowest BCUT2D eigenvalue weighted by atomic mass is 10.2. The van der Waals surface area contributed by atoms with Crippen LogP contribution in [0.4, 0.5) is 0 Å². The Labute approximate surface area is 135 Å². The number of carboxylic acids is 1. The number of rotatable bonds is 9. The number of hydrogen-bond donors (Lipinski definition) is 2. The zero-order valence-corrected chi connectivity index (χ0v) is 13.7. The highest BCUT2D eigenvalue weighted by molar-refractivity contribution is 7.89. The zero-order chi connectivity index (χ0) is 17.5. The lowest BCUT2D eigenvalue weighted by molar-refractivity contribution is -0.137. The van der Waals surface area contributed by atoms with Crippen LogP contribution >= 0.6 is 0 Å². The summed E-state index contributed by atoms with van der Waals surface area (Å²) in [5.74, 6) is -1.20. The number of carbonyl (C=O) groups is 2. The van der Waals surface area contributed by atoms with Crippen LogP contribution in [0.1, 0.15) is 23.2 Å². The fraction of sp³-hybridized carbons (Fsp3) is 0.333. The summed E-state index contributed by atoms with van der Waals surface area (Å²) in [7, 11) is -2.05. The fourth-order valence-electron chi connectivity index (χ4n) is 1.82. The minimum atomic E-state index is -3.62. The van der Waals surface area contributed by atoms with Crippen molar-refractivity contribution in [3.63, 3.8) is 0 Å². The van der Waals surface area contributed by atoms with Gasteiger partial charge in [0.15, 0.2) is 0 Å². The van der Waals surface area contributed by atoms with Gasteiger partial charge in [-0.2, -0.15) is 0 Å². The Bertz CT molecular complexity index is 668. The lowest BCUT2D eigenvalue weighted by Gasteiger charge is -2.16. The van der Waals surface area contributed by atoms with Gasteiger partial charge >= 0.3 is 5.97 Å². The van der Waals surface area contributed by atoms with Gasteiger partial charge in [0.25, 0.3) is 5.91 Å². The van der Waals surface area contributed by atoms with Gasteiger partial charge in [0, 0.05) is 32.1 Å². The number of hydrogen-bond acceptors (Lipinski definition) is 4. The van der Waals surface area contributed by atoms with Crippen LogP contribution in [0.15, 0.2) is 41.8 Å². The summed E-state index contributed by atoms with van der Waals surface area (Å²) in [5, 5.41) is 8.58. The van der Waals surface area contributed by atoms with Gasteiger partial charge in [0.1, 0.15) is 0 Å². The third-order valence-electron chi connectivity index (χ3n) is 3.06. The Kier molecular flexibility index (Phi) is 6.92. The van der Waals surface area contributed by atoms with E-state index in [4.69, 9.17) is 5.11 Å². The first-order chi connectivity index (χ1) is 10.8. The molecule has 0 aromatic heterocycles. The number of aliphatic carboxylic acids is 1. The van der Waals surface area contributed by atoms with Gasteiger partial charge in [-0.1, -0.05) is 6.08 Å². The van der Waals surface area contributed by atoms with Crippen molar-refractivity contribution < 1.29 is 23.1 Å². The van der Waals surface area contributed by atoms with Crippen LogP contribution in [-0.4, -0.2) is 50.4 Å². The van der Waals surface area contributed by atoms with Gasteiger partial charge in [-0.25, -0.2) is 13.1 Å². The molecule has 0 saturated heterocycles. The van der Waals surface area contributed by atoms with Gasteiger partial charge in [0.2, 0.25) is 10.0 Å². The van der Waals surface area contributed by atoms with Crippen LogP contribution < -0.4 is 4.72 Å². The molecule has 0 bridgehead atoms. The summed E-state index contributed by atoms with van der Waals surface area (Å²) in [6, 6.07) is 5.56. The van der Waals surface area contributed by atoms with E-state index in [-0.39, 0.29) is 23.8 Å². The predicted octanol–water partition coefficient (Wildman–Crippen LogP) is 1.09. The molecule has 0 aliphatic carbocycles. The van der Waals surface area contributed by atoms with E-state index < -0.39 is 16.0 Å². The first-order valence-corrected chi connectivity index (χ1v) is 8.44. The molecule has 0 atom stereocenters. The first kappa shape index (κ1) is 18.9. The van der Waals surface area contributed by atoms with Gasteiger partial charge in [-0.05, 0) is 30.7 Å². The van der Waals surface area contributed by atoms with Gasteiger partial charge in [0.05, 0.1) is 4.90 Å². The Morgan fingerprint density at radius 2 is 1.91 bits per heavy atom. The van der Waals surface area contributed by atoms with Crippen LogP contribution in [0.3, 0.4) is 0 Å². The molecular formula is C15H20N2O5S. The molecule has 2 N–H and O–H groups in total. The molecule has 0 aliphatic heterocycles. The van der Waals surface area contributed by atoms with Gasteiger partial charge in [-0.3, -0.25) is 9.59 Å². The third kappa shape index (κ3) is 5.84. The highest BCUT2D eigenvalue weighted by Gasteiger charge is 2.16. The molecule has 0 fully saturated rings. The summed E-state index contributed by atoms with van der Waals surface area (Å²) in [6.45, 7) is 3.87. The number of sulfonamides is 1. The number of amides is 1. The average Bonchev–Trinajstić information content (AvgIpc) is 2.52. The molecule has 0 heterocycles. The average molecular weight is 340 g/mol. The second kappa shape index (κ2) is 8.44. The lowest BCUT2D eigenvalue weighted by Crippen LogP contribution is -2.28. The van der Waals surface area contributed by atoms with Crippen molar-refractivity contribution >= 4 is 21.9 Å². The standard InChI is InChI=1S/C15H20N2O5S/c1-3-10-16-23(21,22)13-8-6-12(7-9-13)15(20)17(2)11-4-5-14(18)19/h3,6-9,16H,1,4-5,10-11H2,2H3,(H,18,19). The Morgan fingerprint density at radius 1 is 1.30 bits per heavy atom. The zero-order valence-electron chi connectivity index (χ0n) is 12.9. The maximum Gasteiger partial charge on any atom is 0.303 e. The smallest absolute Gasteiger partial charge is 0.303 e. The summed E-state index contributed by atoms with van der Waals surface area (Å²) in [4.78, 5) is 24.1. The van der Waals surface area contributed by atoms with E-state index in [2.05, 4.69) is 11.3 Å². The van der Waals surface area contributed by atoms with E-state index in [1.165, 1.54) is 35.2 Å². The van der Waals surface area contributed by atoms with Crippen molar-refractivity contribution in [1.82, 2.24) is 9.62 Å². The minimum absolute atomic E-state index is 0.0101. The molecule has 8 heteroatoms. The van der Waals surface area contributed by atoms with Crippen LogP contribution in [0, 0.1) is 0 Å². The Balaban J connectivity index is 2.73. The van der Waals surface area contributed by atoms with Crippen LogP contribution in [0.25, 0.3) is 0 Å². The van der Waals surface area contributed by atoms with E-state index in [0.29, 0.717) is 18.5 Å². The molecule has 1 rings (SSSR count). The molecule has 0 unspecified atom stereocenters. The SMILES string of the molecule is C=CCNS(=O)(=O)c1ccc(C(=O)N(C)CCCC(=O)O)cc1. The molecular weight excluding hydrogens is 320 g/mol. The Morgan fingerprint density at radius 3 is 2.43 bits per heavy atom. The number of benzene rings is 1. The van der Waals surface area contributed by atoms with E-state index in [1.54, 1.807) is 7.05 Å². The molecule has 1 amide bonds. The quantitative estimate of drug-likeness (QED) is 0.655. The second-order valence-corrected chi connectivity index (χ2v) is 6.66. The van der Waals surface area contributed by atoms with Crippen molar-refractivity contribution in [1.29, 1.82) is 0 Å². The Hall–Kier alpha value is -2.19. The van der Waals surface area contributed by atoms with Gasteiger partial charge in [-0.15, -0.1) is 6.58 Å². The number of carboxylic acid groups (broad SMARTS) is 1. The minimum Gasteiger partial charge on any atom is -0.481 e. The summed E-state index contributed by atoms with van der Waals surface area (Å²) < 4.78 is 26.1. The van der Waals surface area contributed by atoms with E-state index in [1.807, 2.05) is 0 Å². The number of nitrogens with one attached hydrogen (secondary N) is 1. The molecule has 7 nitrogen and oxygen atoms in total. The van der Waals surface area contributed by atoms with E-state index in [9.17, 15) is 18.0 Å². The fourth-order valence-corrected chi connectivity index (χ4v) is 2.82. The van der Waals surface area contributed by atoms with Crippen molar-refractivity contribution in [3.8, 4) is 0 Å². The highest BCUT2D eigenvalue weighted by Crippen LogP contribution is 2.12. The summed E-state index contributed by atoms with van der Waals surface area (Å²) in [5.41, 5.74) is 0.338. The molecule has 0 saturated carbocycles. The summed E-state index contributed by atoms with van der Waals surface area (Å²) in [6.07, 6.45) is 1.78. The molecule has 0 spiro atoms. The molecule has 23 heavy (non-hydrogen) atoms. The maximum absolute atomic E-state index is 12.2. The van der Waals surface area contributed by atoms with Crippen LogP contribution in [-0.2, 0) is 14.8 Å². The monoisotopic (exact) mass is 340 g/mol. The van der Waals surface area contributed by atoms with Crippen LogP contribution in [0.5, 0.6) is 0 Å². The van der Waals surface area contributed by atoms with Crippen LogP contribution in [0.2, 0.25) is 0 Å². The number of carbonyl (C=O) groups excluding carboxylic acids is 1. The maximum atomic E-state index is 12.2. The largest absolute Gasteiger partial charge is 0.481 e. The third-order valence-corrected chi connectivity index (χ3v) is 4.50. The van der Waals surface area contributed by atoms with Crippen molar-refractivity contribution in [2.24, 2.45) is 0 Å². The van der Waals surface area contributed by atoms with E-state index in [0.717, 1.165) is 0 Å². The van der Waals surface area contributed by atoms with Gasteiger partial charge < -0.3 is 10.0 Å². The second-order valence-electron chi connectivity index (χ2n) is 4.89. The normalized spacial score (nSPS) is 11.0. The van der Waals surface area contributed by atoms with Crippen molar-refractivity contribution in [2.75, 3.05) is 20.1 Å². The molecule has 1 aromatic rings. The number of nitrogens with zero attached hydrogens (tertiary/aromatic N) is 1. The topological polar surface area (TPSA) is 104 Å².